The first-order valence-electron chi connectivity index (χ1n) is 7.64. The molecule has 112 valence electrons. The van der Waals surface area contributed by atoms with Crippen LogP contribution in [0.1, 0.15) is 12.5 Å². The summed E-state index contributed by atoms with van der Waals surface area (Å²) in [4.78, 5) is 16.3. The highest BCUT2D eigenvalue weighted by molar-refractivity contribution is 5.87. The van der Waals surface area contributed by atoms with E-state index in [1.807, 2.05) is 30.1 Å². The van der Waals surface area contributed by atoms with Gasteiger partial charge in [-0.05, 0) is 18.9 Å². The van der Waals surface area contributed by atoms with Crippen molar-refractivity contribution in [3.63, 3.8) is 0 Å². The highest BCUT2D eigenvalue weighted by Gasteiger charge is 2.18. The van der Waals surface area contributed by atoms with Gasteiger partial charge in [-0.25, -0.2) is 0 Å². The number of hydrogen-bond donors (Lipinski definition) is 0. The minimum absolute atomic E-state index is 0.121. The molecule has 21 heavy (non-hydrogen) atoms. The van der Waals surface area contributed by atoms with E-state index in [1.54, 1.807) is 6.08 Å². The summed E-state index contributed by atoms with van der Waals surface area (Å²) in [5, 5.41) is 0. The number of carbonyl (C=O) groups excluding carboxylic acids is 1. The molecular weight excluding hydrogens is 260 g/mol. The van der Waals surface area contributed by atoms with Crippen molar-refractivity contribution < 1.29 is 4.79 Å². The van der Waals surface area contributed by atoms with Crippen LogP contribution in [0.3, 0.4) is 0 Å². The molecule has 1 amide bonds. The van der Waals surface area contributed by atoms with E-state index < -0.39 is 0 Å². The molecule has 1 heterocycles. The Kier molecular flexibility index (Phi) is 6.22. The second-order valence-corrected chi connectivity index (χ2v) is 5.29. The fourth-order valence-corrected chi connectivity index (χ4v) is 2.48. The van der Waals surface area contributed by atoms with Crippen LogP contribution in [0.4, 0.5) is 0 Å². The summed E-state index contributed by atoms with van der Waals surface area (Å²) in [5.41, 5.74) is 1.38. The lowest BCUT2D eigenvalue weighted by Crippen LogP contribution is -2.48. The third-order valence-corrected chi connectivity index (χ3v) is 3.79. The maximum Gasteiger partial charge on any atom is 0.246 e. The van der Waals surface area contributed by atoms with Crippen LogP contribution in [0, 0.1) is 0 Å². The van der Waals surface area contributed by atoms with Crippen molar-refractivity contribution in [1.82, 2.24) is 9.80 Å². The normalized spacial score (nSPS) is 16.9. The predicted octanol–water partition coefficient (Wildman–Crippen LogP) is 2.51. The lowest BCUT2D eigenvalue weighted by Gasteiger charge is -2.34. The second-order valence-electron chi connectivity index (χ2n) is 5.29. The molecule has 3 nitrogen and oxygen atoms in total. The van der Waals surface area contributed by atoms with E-state index in [2.05, 4.69) is 35.2 Å². The third-order valence-electron chi connectivity index (χ3n) is 3.79. The topological polar surface area (TPSA) is 23.6 Å². The summed E-state index contributed by atoms with van der Waals surface area (Å²) in [6.45, 7) is 6.61. The molecule has 0 atom stereocenters. The summed E-state index contributed by atoms with van der Waals surface area (Å²) in [6, 6.07) is 10.6. The number of benzene rings is 1. The van der Waals surface area contributed by atoms with Crippen LogP contribution in [0.2, 0.25) is 0 Å². The summed E-state index contributed by atoms with van der Waals surface area (Å²) < 4.78 is 0. The first-order chi connectivity index (χ1) is 10.3. The van der Waals surface area contributed by atoms with Gasteiger partial charge in [0.05, 0.1) is 0 Å². The van der Waals surface area contributed by atoms with Crippen molar-refractivity contribution in [2.45, 2.75) is 13.3 Å². The fourth-order valence-electron chi connectivity index (χ4n) is 2.48. The minimum Gasteiger partial charge on any atom is -0.337 e. The molecule has 0 bridgehead atoms. The number of hydrogen-bond acceptors (Lipinski definition) is 2. The van der Waals surface area contributed by atoms with E-state index in [-0.39, 0.29) is 5.91 Å². The van der Waals surface area contributed by atoms with Crippen molar-refractivity contribution in [3.05, 3.63) is 60.2 Å². The molecule has 1 aromatic rings. The van der Waals surface area contributed by atoms with Crippen molar-refractivity contribution >= 4 is 5.91 Å². The lowest BCUT2D eigenvalue weighted by atomic mass is 10.1. The Morgan fingerprint density at radius 1 is 1.10 bits per heavy atom. The Labute approximate surface area is 127 Å². The van der Waals surface area contributed by atoms with Gasteiger partial charge in [0.25, 0.3) is 0 Å². The van der Waals surface area contributed by atoms with E-state index >= 15 is 0 Å². The summed E-state index contributed by atoms with van der Waals surface area (Å²) in [6.07, 6.45) is 8.35. The molecule has 0 radical (unpaired) electrons. The Morgan fingerprint density at radius 2 is 1.81 bits per heavy atom. The predicted molar refractivity (Wildman–Crippen MR) is 87.1 cm³/mol. The van der Waals surface area contributed by atoms with Crippen LogP contribution >= 0.6 is 0 Å². The average molecular weight is 284 g/mol. The number of nitrogens with zero attached hydrogens (tertiary/aromatic N) is 2. The lowest BCUT2D eigenvalue weighted by molar-refractivity contribution is -0.127. The highest BCUT2D eigenvalue weighted by atomic mass is 16.2. The molecule has 0 unspecified atom stereocenters. The summed E-state index contributed by atoms with van der Waals surface area (Å²) in [5.74, 6) is 0.121. The Balaban J connectivity index is 1.72. The maximum atomic E-state index is 11.9. The van der Waals surface area contributed by atoms with Gasteiger partial charge in [0.2, 0.25) is 5.91 Å². The largest absolute Gasteiger partial charge is 0.337 e. The number of carbonyl (C=O) groups is 1. The van der Waals surface area contributed by atoms with Crippen LogP contribution in [0.25, 0.3) is 0 Å². The molecule has 1 aliphatic rings. The van der Waals surface area contributed by atoms with Crippen molar-refractivity contribution in [1.29, 1.82) is 0 Å². The second kappa shape index (κ2) is 8.42. The summed E-state index contributed by atoms with van der Waals surface area (Å²) in [7, 11) is 0. The SMILES string of the molecule is C/C=C/C=C/C(=O)N1CCN(CCc2ccccc2)CC1. The first-order valence-corrected chi connectivity index (χ1v) is 7.64. The quantitative estimate of drug-likeness (QED) is 0.613. The molecule has 1 aromatic carbocycles. The van der Waals surface area contributed by atoms with E-state index in [9.17, 15) is 4.79 Å². The maximum absolute atomic E-state index is 11.9. The molecule has 0 aliphatic carbocycles. The van der Waals surface area contributed by atoms with Crippen LogP contribution in [0.5, 0.6) is 0 Å². The van der Waals surface area contributed by atoms with Gasteiger partial charge in [-0.15, -0.1) is 0 Å². The molecule has 3 heteroatoms. The fraction of sp³-hybridized carbons (Fsp3) is 0.389. The number of amides is 1. The minimum atomic E-state index is 0.121. The molecule has 1 saturated heterocycles. The van der Waals surface area contributed by atoms with Crippen LogP contribution in [-0.2, 0) is 11.2 Å². The zero-order valence-corrected chi connectivity index (χ0v) is 12.7. The van der Waals surface area contributed by atoms with Crippen LogP contribution in [-0.4, -0.2) is 48.4 Å². The molecule has 0 saturated carbocycles. The van der Waals surface area contributed by atoms with Gasteiger partial charge in [-0.1, -0.05) is 48.6 Å². The number of allylic oxidation sites excluding steroid dienone is 3. The van der Waals surface area contributed by atoms with E-state index in [1.165, 1.54) is 5.56 Å². The molecule has 1 aliphatic heterocycles. The van der Waals surface area contributed by atoms with E-state index in [0.717, 1.165) is 39.1 Å². The standard InChI is InChI=1S/C18H24N2O/c1-2-3-5-10-18(21)20-15-13-19(14-16-20)12-11-17-8-6-4-7-9-17/h2-10H,11-16H2,1H3/b3-2+,10-5+. The summed E-state index contributed by atoms with van der Waals surface area (Å²) >= 11 is 0. The highest BCUT2D eigenvalue weighted by Crippen LogP contribution is 2.06. The Hall–Kier alpha value is -1.87. The third kappa shape index (κ3) is 5.20. The zero-order valence-electron chi connectivity index (χ0n) is 12.7. The van der Waals surface area contributed by atoms with E-state index in [4.69, 9.17) is 0 Å². The van der Waals surface area contributed by atoms with Gasteiger partial charge in [-0.3, -0.25) is 9.69 Å². The monoisotopic (exact) mass is 284 g/mol. The molecule has 0 N–H and O–H groups in total. The van der Waals surface area contributed by atoms with Crippen molar-refractivity contribution in [2.75, 3.05) is 32.7 Å². The molecule has 0 spiro atoms. The number of piperazine rings is 1. The van der Waals surface area contributed by atoms with Gasteiger partial charge < -0.3 is 4.90 Å². The number of rotatable bonds is 5. The smallest absolute Gasteiger partial charge is 0.246 e. The van der Waals surface area contributed by atoms with E-state index in [0.29, 0.717) is 0 Å². The average Bonchev–Trinajstić information content (AvgIpc) is 2.54. The van der Waals surface area contributed by atoms with Crippen molar-refractivity contribution in [2.24, 2.45) is 0 Å². The zero-order chi connectivity index (χ0) is 14.9. The Morgan fingerprint density at radius 3 is 2.48 bits per heavy atom. The molecule has 2 rings (SSSR count). The van der Waals surface area contributed by atoms with Crippen molar-refractivity contribution in [3.8, 4) is 0 Å². The van der Waals surface area contributed by atoms with Gasteiger partial charge in [0.15, 0.2) is 0 Å². The van der Waals surface area contributed by atoms with Crippen LogP contribution < -0.4 is 0 Å². The first kappa shape index (κ1) is 15.5. The molecular formula is C18H24N2O. The molecule has 0 aromatic heterocycles. The van der Waals surface area contributed by atoms with Gasteiger partial charge in [0, 0.05) is 38.8 Å². The Bertz CT molecular complexity index is 485. The van der Waals surface area contributed by atoms with Crippen LogP contribution in [0.15, 0.2) is 54.6 Å². The molecule has 1 fully saturated rings. The van der Waals surface area contributed by atoms with Gasteiger partial charge in [0.1, 0.15) is 0 Å². The van der Waals surface area contributed by atoms with Gasteiger partial charge in [-0.2, -0.15) is 0 Å². The van der Waals surface area contributed by atoms with Gasteiger partial charge >= 0.3 is 0 Å².